The molecule has 0 spiro atoms. The molecule has 3 rings (SSSR count). The number of esters is 1. The Morgan fingerprint density at radius 3 is 3.11 bits per heavy atom. The Labute approximate surface area is 113 Å². The first-order chi connectivity index (χ1) is 9.20. The van der Waals surface area contributed by atoms with Crippen LogP contribution in [0, 0.1) is 6.92 Å². The summed E-state index contributed by atoms with van der Waals surface area (Å²) in [7, 11) is 0. The standard InChI is InChI=1S/C16H19NO2/c1-3-19-16(18)12-6-4-5-11-13-9-10(2)7-8-14(13)17-15(11)12/h7-9,12,17H,3-6H2,1-2H3. The van der Waals surface area contributed by atoms with E-state index in [0.29, 0.717) is 6.61 Å². The van der Waals surface area contributed by atoms with Crippen molar-refractivity contribution in [2.75, 3.05) is 6.61 Å². The predicted octanol–water partition coefficient (Wildman–Crippen LogP) is 3.46. The van der Waals surface area contributed by atoms with E-state index in [0.717, 1.165) is 30.5 Å². The van der Waals surface area contributed by atoms with Gasteiger partial charge in [-0.2, -0.15) is 0 Å². The van der Waals surface area contributed by atoms with E-state index in [-0.39, 0.29) is 11.9 Å². The van der Waals surface area contributed by atoms with Crippen LogP contribution in [0.15, 0.2) is 18.2 Å². The van der Waals surface area contributed by atoms with Crippen LogP contribution in [0.4, 0.5) is 0 Å². The van der Waals surface area contributed by atoms with Gasteiger partial charge in [-0.05, 0) is 50.8 Å². The van der Waals surface area contributed by atoms with Gasteiger partial charge in [0.25, 0.3) is 0 Å². The first-order valence-corrected chi connectivity index (χ1v) is 6.98. The van der Waals surface area contributed by atoms with E-state index in [1.54, 1.807) is 0 Å². The lowest BCUT2D eigenvalue weighted by Crippen LogP contribution is -2.20. The van der Waals surface area contributed by atoms with Gasteiger partial charge in [0.15, 0.2) is 0 Å². The maximum atomic E-state index is 12.1. The number of benzene rings is 1. The molecular formula is C16H19NO2. The maximum absolute atomic E-state index is 12.1. The summed E-state index contributed by atoms with van der Waals surface area (Å²) in [5, 5.41) is 1.27. The molecule has 0 amide bonds. The molecule has 0 aliphatic heterocycles. The zero-order valence-electron chi connectivity index (χ0n) is 11.5. The van der Waals surface area contributed by atoms with E-state index < -0.39 is 0 Å². The average Bonchev–Trinajstić information content (AvgIpc) is 2.77. The number of rotatable bonds is 2. The summed E-state index contributed by atoms with van der Waals surface area (Å²) in [5.41, 5.74) is 4.77. The molecule has 3 heteroatoms. The van der Waals surface area contributed by atoms with Gasteiger partial charge >= 0.3 is 5.97 Å². The molecule has 1 unspecified atom stereocenters. The van der Waals surface area contributed by atoms with Crippen LogP contribution in [-0.2, 0) is 16.0 Å². The molecule has 1 aliphatic carbocycles. The smallest absolute Gasteiger partial charge is 0.314 e. The van der Waals surface area contributed by atoms with E-state index in [1.165, 1.54) is 16.5 Å². The van der Waals surface area contributed by atoms with Crippen LogP contribution in [0.1, 0.15) is 42.5 Å². The molecule has 1 N–H and O–H groups in total. The highest BCUT2D eigenvalue weighted by molar-refractivity contribution is 5.89. The molecule has 0 radical (unpaired) electrons. The van der Waals surface area contributed by atoms with Crippen molar-refractivity contribution in [2.45, 2.75) is 39.0 Å². The summed E-state index contributed by atoms with van der Waals surface area (Å²) in [5.74, 6) is -0.205. The first-order valence-electron chi connectivity index (χ1n) is 6.98. The van der Waals surface area contributed by atoms with Crippen LogP contribution >= 0.6 is 0 Å². The van der Waals surface area contributed by atoms with Gasteiger partial charge in [-0.25, -0.2) is 0 Å². The topological polar surface area (TPSA) is 42.1 Å². The van der Waals surface area contributed by atoms with Crippen molar-refractivity contribution in [1.82, 2.24) is 4.98 Å². The number of aryl methyl sites for hydroxylation is 2. The molecule has 0 fully saturated rings. The number of fused-ring (bicyclic) bond motifs is 3. The summed E-state index contributed by atoms with van der Waals surface area (Å²) in [4.78, 5) is 15.5. The lowest BCUT2D eigenvalue weighted by Gasteiger charge is -2.20. The quantitative estimate of drug-likeness (QED) is 0.837. The Morgan fingerprint density at radius 1 is 1.47 bits per heavy atom. The predicted molar refractivity (Wildman–Crippen MR) is 75.3 cm³/mol. The SMILES string of the molecule is CCOC(=O)C1CCCc2c1[nH]c1ccc(C)cc21. The van der Waals surface area contributed by atoms with E-state index in [2.05, 4.69) is 30.1 Å². The van der Waals surface area contributed by atoms with Gasteiger partial charge in [0.1, 0.15) is 0 Å². The zero-order valence-corrected chi connectivity index (χ0v) is 11.5. The number of carbonyl (C=O) groups excluding carboxylic acids is 1. The molecular weight excluding hydrogens is 238 g/mol. The van der Waals surface area contributed by atoms with Gasteiger partial charge in [-0.15, -0.1) is 0 Å². The molecule has 1 aliphatic rings. The number of aromatic nitrogens is 1. The number of hydrogen-bond donors (Lipinski definition) is 1. The van der Waals surface area contributed by atoms with Gasteiger partial charge < -0.3 is 9.72 Å². The minimum atomic E-state index is -0.114. The lowest BCUT2D eigenvalue weighted by molar-refractivity contribution is -0.145. The van der Waals surface area contributed by atoms with Gasteiger partial charge in [0, 0.05) is 16.6 Å². The third kappa shape index (κ3) is 2.03. The molecule has 1 aromatic heterocycles. The second kappa shape index (κ2) is 4.72. The third-order valence-electron chi connectivity index (χ3n) is 3.93. The minimum absolute atomic E-state index is 0.0910. The summed E-state index contributed by atoms with van der Waals surface area (Å²) in [6, 6.07) is 6.41. The molecule has 0 saturated heterocycles. The summed E-state index contributed by atoms with van der Waals surface area (Å²) < 4.78 is 5.20. The maximum Gasteiger partial charge on any atom is 0.314 e. The number of hydrogen-bond acceptors (Lipinski definition) is 2. The van der Waals surface area contributed by atoms with Crippen molar-refractivity contribution in [3.8, 4) is 0 Å². The molecule has 0 saturated carbocycles. The lowest BCUT2D eigenvalue weighted by atomic mass is 9.86. The van der Waals surface area contributed by atoms with Gasteiger partial charge in [-0.3, -0.25) is 4.79 Å². The molecule has 2 aromatic rings. The van der Waals surface area contributed by atoms with Crippen molar-refractivity contribution >= 4 is 16.9 Å². The van der Waals surface area contributed by atoms with E-state index in [9.17, 15) is 4.79 Å². The van der Waals surface area contributed by atoms with Gasteiger partial charge in [-0.1, -0.05) is 11.6 Å². The van der Waals surface area contributed by atoms with Crippen LogP contribution in [0.5, 0.6) is 0 Å². The Balaban J connectivity index is 2.09. The Hall–Kier alpha value is -1.77. The largest absolute Gasteiger partial charge is 0.465 e. The summed E-state index contributed by atoms with van der Waals surface area (Å²) in [6.45, 7) is 4.41. The Bertz CT molecular complexity index is 627. The van der Waals surface area contributed by atoms with Crippen molar-refractivity contribution in [1.29, 1.82) is 0 Å². The molecule has 0 bridgehead atoms. The normalized spacial score (nSPS) is 18.3. The average molecular weight is 257 g/mol. The number of H-pyrrole nitrogens is 1. The van der Waals surface area contributed by atoms with Crippen LogP contribution < -0.4 is 0 Å². The van der Waals surface area contributed by atoms with Crippen LogP contribution in [-0.4, -0.2) is 17.6 Å². The third-order valence-corrected chi connectivity index (χ3v) is 3.93. The highest BCUT2D eigenvalue weighted by Gasteiger charge is 2.30. The minimum Gasteiger partial charge on any atom is -0.465 e. The summed E-state index contributed by atoms with van der Waals surface area (Å²) >= 11 is 0. The second-order valence-electron chi connectivity index (χ2n) is 5.26. The first kappa shape index (κ1) is 12.3. The molecule has 3 nitrogen and oxygen atoms in total. The fourth-order valence-electron chi connectivity index (χ4n) is 3.06. The van der Waals surface area contributed by atoms with Crippen molar-refractivity contribution in [3.63, 3.8) is 0 Å². The number of nitrogens with one attached hydrogen (secondary N) is 1. The highest BCUT2D eigenvalue weighted by atomic mass is 16.5. The van der Waals surface area contributed by atoms with Crippen molar-refractivity contribution in [2.24, 2.45) is 0 Å². The van der Waals surface area contributed by atoms with E-state index >= 15 is 0 Å². The number of aromatic amines is 1. The number of ether oxygens (including phenoxy) is 1. The van der Waals surface area contributed by atoms with Crippen LogP contribution in [0.25, 0.3) is 10.9 Å². The van der Waals surface area contributed by atoms with Crippen molar-refractivity contribution < 1.29 is 9.53 Å². The molecule has 19 heavy (non-hydrogen) atoms. The fraction of sp³-hybridized carbons (Fsp3) is 0.438. The van der Waals surface area contributed by atoms with Gasteiger partial charge in [0.2, 0.25) is 0 Å². The Kier molecular flexibility index (Phi) is 3.05. The monoisotopic (exact) mass is 257 g/mol. The second-order valence-corrected chi connectivity index (χ2v) is 5.26. The van der Waals surface area contributed by atoms with Gasteiger partial charge in [0.05, 0.1) is 12.5 Å². The fourth-order valence-corrected chi connectivity index (χ4v) is 3.06. The van der Waals surface area contributed by atoms with Crippen LogP contribution in [0.2, 0.25) is 0 Å². The number of carbonyl (C=O) groups is 1. The molecule has 100 valence electrons. The van der Waals surface area contributed by atoms with Crippen LogP contribution in [0.3, 0.4) is 0 Å². The molecule has 1 atom stereocenters. The van der Waals surface area contributed by atoms with E-state index in [4.69, 9.17) is 4.74 Å². The molecule has 1 aromatic carbocycles. The zero-order chi connectivity index (χ0) is 13.4. The molecule has 1 heterocycles. The van der Waals surface area contributed by atoms with E-state index in [1.807, 2.05) is 6.92 Å². The Morgan fingerprint density at radius 2 is 2.32 bits per heavy atom. The highest BCUT2D eigenvalue weighted by Crippen LogP contribution is 2.36. The summed E-state index contributed by atoms with van der Waals surface area (Å²) in [6.07, 6.45) is 2.99. The van der Waals surface area contributed by atoms with Crippen molar-refractivity contribution in [3.05, 3.63) is 35.0 Å².